The van der Waals surface area contributed by atoms with Gasteiger partial charge in [-0.1, -0.05) is 44.1 Å². The average molecular weight is 441 g/mol. The molecular weight excluding hydrogens is 392 g/mol. The van der Waals surface area contributed by atoms with Crippen molar-refractivity contribution >= 4 is 8.32 Å². The van der Waals surface area contributed by atoms with Crippen LogP contribution in [0.5, 0.6) is 0 Å². The Hall–Kier alpha value is -0.463. The first-order valence-corrected chi connectivity index (χ1v) is 14.5. The molecule has 1 aliphatic heterocycles. The molecule has 1 N–H and O–H groups in total. The van der Waals surface area contributed by atoms with Crippen LogP contribution in [0.2, 0.25) is 18.1 Å². The second-order valence-electron chi connectivity index (χ2n) is 11.1. The van der Waals surface area contributed by atoms with E-state index in [4.69, 9.17) is 19.0 Å². The Morgan fingerprint density at radius 2 is 1.67 bits per heavy atom. The molecule has 0 unspecified atom stereocenters. The summed E-state index contributed by atoms with van der Waals surface area (Å²) in [5.74, 6) is -0.555. The van der Waals surface area contributed by atoms with Crippen LogP contribution in [0.1, 0.15) is 87.5 Å². The lowest BCUT2D eigenvalue weighted by molar-refractivity contribution is -0.162. The first kappa shape index (κ1) is 27.6. The van der Waals surface area contributed by atoms with Gasteiger partial charge in [0.2, 0.25) is 0 Å². The number of allylic oxidation sites excluding steroid dienone is 3. The van der Waals surface area contributed by atoms with Crippen LogP contribution < -0.4 is 0 Å². The Balaban J connectivity index is 2.65. The third kappa shape index (κ3) is 8.58. The maximum atomic E-state index is 8.96. The smallest absolute Gasteiger partial charge is 0.191 e. The zero-order valence-electron chi connectivity index (χ0n) is 21.4. The van der Waals surface area contributed by atoms with E-state index in [1.807, 2.05) is 19.9 Å². The van der Waals surface area contributed by atoms with E-state index in [9.17, 15) is 0 Å². The van der Waals surface area contributed by atoms with Crippen molar-refractivity contribution < 1.29 is 19.0 Å². The maximum Gasteiger partial charge on any atom is 0.191 e. The van der Waals surface area contributed by atoms with Crippen LogP contribution in [0.3, 0.4) is 0 Å². The molecule has 30 heavy (non-hydrogen) atoms. The predicted molar refractivity (Wildman–Crippen MR) is 129 cm³/mol. The van der Waals surface area contributed by atoms with Gasteiger partial charge in [-0.3, -0.25) is 0 Å². The molecule has 0 aromatic rings. The van der Waals surface area contributed by atoms with Gasteiger partial charge in [-0.2, -0.15) is 0 Å². The minimum Gasteiger partial charge on any atom is -0.417 e. The van der Waals surface area contributed by atoms with Crippen LogP contribution in [0.25, 0.3) is 0 Å². The fourth-order valence-corrected chi connectivity index (χ4v) is 4.73. The second-order valence-corrected chi connectivity index (χ2v) is 15.9. The van der Waals surface area contributed by atoms with Crippen molar-refractivity contribution in [1.82, 2.24) is 0 Å². The Labute approximate surface area is 187 Å². The van der Waals surface area contributed by atoms with Gasteiger partial charge in [0.15, 0.2) is 14.1 Å². The average Bonchev–Trinajstić information content (AvgIpc) is 2.80. The fraction of sp³-hybridized carbons (Fsp3) is 0.840. The molecule has 0 aliphatic carbocycles. The van der Waals surface area contributed by atoms with E-state index < -0.39 is 14.1 Å². The van der Waals surface area contributed by atoms with Gasteiger partial charge in [0.25, 0.3) is 0 Å². The predicted octanol–water partition coefficient (Wildman–Crippen LogP) is 6.75. The molecule has 1 saturated heterocycles. The molecule has 0 spiro atoms. The summed E-state index contributed by atoms with van der Waals surface area (Å²) in [6, 6.07) is 0. The van der Waals surface area contributed by atoms with Gasteiger partial charge in [-0.05, 0) is 78.4 Å². The van der Waals surface area contributed by atoms with Gasteiger partial charge in [-0.25, -0.2) is 0 Å². The van der Waals surface area contributed by atoms with E-state index in [0.29, 0.717) is 6.61 Å². The largest absolute Gasteiger partial charge is 0.417 e. The highest BCUT2D eigenvalue weighted by molar-refractivity contribution is 6.74. The quantitative estimate of drug-likeness (QED) is 0.285. The van der Waals surface area contributed by atoms with Gasteiger partial charge < -0.3 is 19.0 Å². The van der Waals surface area contributed by atoms with Crippen molar-refractivity contribution in [2.24, 2.45) is 0 Å². The van der Waals surface area contributed by atoms with Crippen LogP contribution in [0.4, 0.5) is 0 Å². The summed E-state index contributed by atoms with van der Waals surface area (Å²) < 4.78 is 19.1. The van der Waals surface area contributed by atoms with Gasteiger partial charge in [0.05, 0.1) is 18.3 Å². The van der Waals surface area contributed by atoms with Crippen molar-refractivity contribution in [3.63, 3.8) is 0 Å². The Kier molecular flexibility index (Phi) is 10.0. The van der Waals surface area contributed by atoms with E-state index in [0.717, 1.165) is 32.1 Å². The zero-order valence-corrected chi connectivity index (χ0v) is 22.4. The number of hydrogen-bond acceptors (Lipinski definition) is 4. The van der Waals surface area contributed by atoms with Crippen LogP contribution in [0.15, 0.2) is 23.3 Å². The number of rotatable bonds is 11. The molecule has 4 nitrogen and oxygen atoms in total. The van der Waals surface area contributed by atoms with Crippen molar-refractivity contribution in [3.8, 4) is 0 Å². The highest BCUT2D eigenvalue weighted by atomic mass is 28.4. The van der Waals surface area contributed by atoms with Crippen molar-refractivity contribution in [1.29, 1.82) is 0 Å². The number of hydrogen-bond donors (Lipinski definition) is 1. The summed E-state index contributed by atoms with van der Waals surface area (Å²) in [5, 5.41) is 9.18. The maximum absolute atomic E-state index is 8.96. The van der Waals surface area contributed by atoms with E-state index in [2.05, 4.69) is 60.7 Å². The molecule has 1 heterocycles. The van der Waals surface area contributed by atoms with Gasteiger partial charge in [0.1, 0.15) is 0 Å². The molecule has 176 valence electrons. The molecule has 1 fully saturated rings. The number of ether oxygens (including phenoxy) is 2. The minimum absolute atomic E-state index is 0.0647. The molecule has 0 aromatic carbocycles. The molecule has 1 aliphatic rings. The standard InChI is InChI=1S/C25H48O4Si/c1-20(12-11-13-21(2)16-18-26)14-15-22-25(8,29-24(6,7)28-22)17-19-27-30(9,10)23(3,4)5/h12,16,22,26H,11,13-15,17-19H2,1-10H3/b20-12+,21-16+/t22-,25+/m0/s1. The van der Waals surface area contributed by atoms with Gasteiger partial charge >= 0.3 is 0 Å². The summed E-state index contributed by atoms with van der Waals surface area (Å²) in [4.78, 5) is 0. The van der Waals surface area contributed by atoms with Crippen molar-refractivity contribution in [3.05, 3.63) is 23.3 Å². The molecule has 5 heteroatoms. The summed E-state index contributed by atoms with van der Waals surface area (Å²) in [7, 11) is -1.76. The SMILES string of the molecule is C/C(=C\CO)CC/C=C(\C)CC[C@@H]1OC(C)(C)O[C@]1(C)CCO[Si](C)(C)C(C)(C)C. The Morgan fingerprint density at radius 3 is 2.23 bits per heavy atom. The van der Waals surface area contributed by atoms with Crippen LogP contribution in [-0.2, 0) is 13.9 Å². The molecule has 0 aromatic heterocycles. The molecule has 0 radical (unpaired) electrons. The lowest BCUT2D eigenvalue weighted by Crippen LogP contribution is -2.44. The third-order valence-corrected chi connectivity index (χ3v) is 11.3. The van der Waals surface area contributed by atoms with Crippen molar-refractivity contribution in [2.45, 2.75) is 123 Å². The fourth-order valence-electron chi connectivity index (χ4n) is 3.69. The van der Waals surface area contributed by atoms with E-state index >= 15 is 0 Å². The summed E-state index contributed by atoms with van der Waals surface area (Å²) in [5.41, 5.74) is 2.30. The van der Waals surface area contributed by atoms with Gasteiger partial charge in [-0.15, -0.1) is 0 Å². The summed E-state index contributed by atoms with van der Waals surface area (Å²) >= 11 is 0. The lowest BCUT2D eigenvalue weighted by atomic mass is 9.91. The normalized spacial score (nSPS) is 25.8. The topological polar surface area (TPSA) is 47.9 Å². The summed E-state index contributed by atoms with van der Waals surface area (Å²) in [6.45, 7) is 22.8. The molecule has 2 atom stereocenters. The molecular formula is C25H48O4Si. The Bertz CT molecular complexity index is 601. The second kappa shape index (κ2) is 10.9. The van der Waals surface area contributed by atoms with E-state index in [1.165, 1.54) is 11.1 Å². The Morgan fingerprint density at radius 1 is 1.07 bits per heavy atom. The van der Waals surface area contributed by atoms with Crippen LogP contribution >= 0.6 is 0 Å². The first-order valence-electron chi connectivity index (χ1n) is 11.6. The first-order chi connectivity index (χ1) is 13.6. The highest BCUT2D eigenvalue weighted by Crippen LogP contribution is 2.42. The lowest BCUT2D eigenvalue weighted by Gasteiger charge is -2.37. The number of aliphatic hydroxyl groups excluding tert-OH is 1. The van der Waals surface area contributed by atoms with Gasteiger partial charge in [0, 0.05) is 13.0 Å². The van der Waals surface area contributed by atoms with Crippen LogP contribution in [-0.4, -0.2) is 44.1 Å². The molecule has 0 bridgehead atoms. The van der Waals surface area contributed by atoms with Crippen LogP contribution in [0, 0.1) is 0 Å². The molecule has 1 rings (SSSR count). The zero-order chi connectivity index (χ0) is 23.2. The van der Waals surface area contributed by atoms with E-state index in [-0.39, 0.29) is 23.4 Å². The summed E-state index contributed by atoms with van der Waals surface area (Å²) in [6.07, 6.45) is 9.08. The molecule has 0 saturated carbocycles. The molecule has 0 amide bonds. The number of aliphatic hydroxyl groups is 1. The monoisotopic (exact) mass is 440 g/mol. The van der Waals surface area contributed by atoms with E-state index in [1.54, 1.807) is 0 Å². The highest BCUT2D eigenvalue weighted by Gasteiger charge is 2.49. The minimum atomic E-state index is -1.76. The third-order valence-electron chi connectivity index (χ3n) is 6.73. The van der Waals surface area contributed by atoms with Crippen molar-refractivity contribution in [2.75, 3.05) is 13.2 Å².